The Morgan fingerprint density at radius 1 is 1.58 bits per heavy atom. The highest BCUT2D eigenvalue weighted by Gasteiger charge is 2.14. The van der Waals surface area contributed by atoms with Crippen molar-refractivity contribution in [2.75, 3.05) is 19.0 Å². The van der Waals surface area contributed by atoms with Crippen LogP contribution >= 0.6 is 11.6 Å². The fourth-order valence-corrected chi connectivity index (χ4v) is 1.33. The van der Waals surface area contributed by atoms with Crippen molar-refractivity contribution in [1.82, 2.24) is 10.2 Å². The molecule has 5 heteroatoms. The number of nitrogens with one attached hydrogen (secondary N) is 1. The number of urea groups is 1. The number of nitrogens with zero attached hydrogens (tertiary/aromatic N) is 1. The number of hydrogen-bond donors (Lipinski definition) is 2. The van der Waals surface area contributed by atoms with Gasteiger partial charge < -0.3 is 11.1 Å². The summed E-state index contributed by atoms with van der Waals surface area (Å²) >= 11 is 5.65. The molecule has 1 unspecified atom stereocenters. The van der Waals surface area contributed by atoms with E-state index in [2.05, 4.69) is 5.32 Å². The van der Waals surface area contributed by atoms with E-state index < -0.39 is 6.03 Å². The van der Waals surface area contributed by atoms with E-state index >= 15 is 0 Å². The maximum Gasteiger partial charge on any atom is 0.313 e. The molecule has 0 heterocycles. The summed E-state index contributed by atoms with van der Waals surface area (Å²) in [6.07, 6.45) is -0.154. The lowest BCUT2D eigenvalue weighted by Gasteiger charge is -2.27. The maximum absolute atomic E-state index is 10.5. The first-order valence-corrected chi connectivity index (χ1v) is 4.55. The molecule has 4 nitrogen and oxygen atoms in total. The minimum Gasteiger partial charge on any atom is -0.352 e. The number of carbonyl (C=O) groups is 1. The summed E-state index contributed by atoms with van der Waals surface area (Å²) in [6, 6.07) is -0.535. The molecule has 3 N–H and O–H groups in total. The van der Waals surface area contributed by atoms with Gasteiger partial charge in [-0.1, -0.05) is 13.8 Å². The van der Waals surface area contributed by atoms with Crippen LogP contribution in [-0.4, -0.2) is 36.1 Å². The van der Waals surface area contributed by atoms with Gasteiger partial charge in [-0.2, -0.15) is 0 Å². The molecule has 0 bridgehead atoms. The van der Waals surface area contributed by atoms with E-state index in [0.29, 0.717) is 5.88 Å². The van der Waals surface area contributed by atoms with E-state index in [4.69, 9.17) is 17.3 Å². The Balaban J connectivity index is 4.01. The topological polar surface area (TPSA) is 58.4 Å². The second-order valence-electron chi connectivity index (χ2n) is 2.40. The van der Waals surface area contributed by atoms with Crippen LogP contribution in [0.1, 0.15) is 13.8 Å². The van der Waals surface area contributed by atoms with E-state index in [-0.39, 0.29) is 6.17 Å². The predicted molar refractivity (Wildman–Crippen MR) is 50.1 cm³/mol. The van der Waals surface area contributed by atoms with Gasteiger partial charge in [-0.15, -0.1) is 11.6 Å². The first kappa shape index (κ1) is 11.5. The third-order valence-corrected chi connectivity index (χ3v) is 2.00. The SMILES string of the molecule is CCN(CC)C(CCl)NC(N)=O. The maximum atomic E-state index is 10.5. The predicted octanol–water partition coefficient (Wildman–Crippen LogP) is 0.561. The van der Waals surface area contributed by atoms with Gasteiger partial charge in [0.1, 0.15) is 0 Å². The number of amides is 2. The standard InChI is InChI=1S/C7H16ClN3O/c1-3-11(4-2)6(5-8)10-7(9)12/h6H,3-5H2,1-2H3,(H3,9,10,12). The lowest BCUT2D eigenvalue weighted by atomic mass is 10.4. The third-order valence-electron chi connectivity index (χ3n) is 1.71. The first-order chi connectivity index (χ1) is 5.65. The highest BCUT2D eigenvalue weighted by atomic mass is 35.5. The number of nitrogens with two attached hydrogens (primary N) is 1. The summed E-state index contributed by atoms with van der Waals surface area (Å²) < 4.78 is 0. The van der Waals surface area contributed by atoms with Gasteiger partial charge >= 0.3 is 6.03 Å². The zero-order chi connectivity index (χ0) is 9.56. The van der Waals surface area contributed by atoms with Crippen LogP contribution in [-0.2, 0) is 0 Å². The van der Waals surface area contributed by atoms with Crippen LogP contribution in [0.3, 0.4) is 0 Å². The lowest BCUT2D eigenvalue weighted by molar-refractivity contribution is 0.194. The van der Waals surface area contributed by atoms with E-state index in [1.165, 1.54) is 0 Å². The molecule has 1 atom stereocenters. The Bertz CT molecular complexity index is 139. The van der Waals surface area contributed by atoms with Gasteiger partial charge in [0.2, 0.25) is 0 Å². The molecule has 0 rings (SSSR count). The molecule has 2 amide bonds. The number of primary amides is 1. The number of hydrogen-bond acceptors (Lipinski definition) is 2. The molecule has 0 fully saturated rings. The smallest absolute Gasteiger partial charge is 0.313 e. The molecule has 0 aliphatic heterocycles. The van der Waals surface area contributed by atoms with Gasteiger partial charge in [-0.25, -0.2) is 4.79 Å². The summed E-state index contributed by atoms with van der Waals surface area (Å²) in [7, 11) is 0. The zero-order valence-electron chi connectivity index (χ0n) is 7.51. The summed E-state index contributed by atoms with van der Waals surface area (Å²) in [5, 5.41) is 2.56. The molecule has 0 aliphatic carbocycles. The molecule has 12 heavy (non-hydrogen) atoms. The van der Waals surface area contributed by atoms with Crippen LogP contribution in [0.4, 0.5) is 4.79 Å². The Morgan fingerprint density at radius 2 is 2.08 bits per heavy atom. The van der Waals surface area contributed by atoms with Crippen molar-refractivity contribution in [2.24, 2.45) is 5.73 Å². The number of carbonyl (C=O) groups excluding carboxylic acids is 1. The molecular weight excluding hydrogens is 178 g/mol. The average molecular weight is 194 g/mol. The molecule has 72 valence electrons. The van der Waals surface area contributed by atoms with Crippen molar-refractivity contribution < 1.29 is 4.79 Å². The minimum atomic E-state index is -0.535. The monoisotopic (exact) mass is 193 g/mol. The van der Waals surface area contributed by atoms with Crippen molar-refractivity contribution in [3.8, 4) is 0 Å². The van der Waals surface area contributed by atoms with E-state index in [0.717, 1.165) is 13.1 Å². The van der Waals surface area contributed by atoms with Crippen molar-refractivity contribution in [3.63, 3.8) is 0 Å². The van der Waals surface area contributed by atoms with Gasteiger partial charge in [-0.05, 0) is 13.1 Å². The largest absolute Gasteiger partial charge is 0.352 e. The highest BCUT2D eigenvalue weighted by molar-refractivity contribution is 6.18. The molecule has 0 saturated carbocycles. The van der Waals surface area contributed by atoms with Crippen LogP contribution in [0.5, 0.6) is 0 Å². The fourth-order valence-electron chi connectivity index (χ4n) is 1.06. The summed E-state index contributed by atoms with van der Waals surface area (Å²) in [5.41, 5.74) is 4.98. The lowest BCUT2D eigenvalue weighted by Crippen LogP contribution is -2.51. The number of halogens is 1. The molecule has 0 spiro atoms. The van der Waals surface area contributed by atoms with E-state index in [1.807, 2.05) is 18.7 Å². The van der Waals surface area contributed by atoms with Crippen LogP contribution in [0.2, 0.25) is 0 Å². The van der Waals surface area contributed by atoms with Crippen molar-refractivity contribution in [1.29, 1.82) is 0 Å². The highest BCUT2D eigenvalue weighted by Crippen LogP contribution is 1.97. The Hall–Kier alpha value is -0.480. The van der Waals surface area contributed by atoms with Gasteiger partial charge in [0.15, 0.2) is 0 Å². The molecule has 0 saturated heterocycles. The van der Waals surface area contributed by atoms with Crippen molar-refractivity contribution in [3.05, 3.63) is 0 Å². The summed E-state index contributed by atoms with van der Waals surface area (Å²) in [6.45, 7) is 5.69. The second kappa shape index (κ2) is 6.08. The van der Waals surface area contributed by atoms with Gasteiger partial charge in [0, 0.05) is 0 Å². The van der Waals surface area contributed by atoms with Crippen LogP contribution < -0.4 is 11.1 Å². The quantitative estimate of drug-likeness (QED) is 0.495. The number of rotatable bonds is 5. The van der Waals surface area contributed by atoms with Crippen LogP contribution in [0.25, 0.3) is 0 Å². The minimum absolute atomic E-state index is 0.154. The second-order valence-corrected chi connectivity index (χ2v) is 2.71. The van der Waals surface area contributed by atoms with Crippen LogP contribution in [0, 0.1) is 0 Å². The molecule has 0 aliphatic rings. The van der Waals surface area contributed by atoms with Crippen molar-refractivity contribution in [2.45, 2.75) is 20.0 Å². The van der Waals surface area contributed by atoms with Gasteiger partial charge in [0.05, 0.1) is 12.0 Å². The normalized spacial score (nSPS) is 13.0. The Kier molecular flexibility index (Phi) is 5.84. The van der Waals surface area contributed by atoms with Crippen LogP contribution in [0.15, 0.2) is 0 Å². The first-order valence-electron chi connectivity index (χ1n) is 4.01. The summed E-state index contributed by atoms with van der Waals surface area (Å²) in [4.78, 5) is 12.6. The van der Waals surface area contributed by atoms with Gasteiger partial charge in [-0.3, -0.25) is 4.90 Å². The molecule has 0 aromatic rings. The van der Waals surface area contributed by atoms with Crippen molar-refractivity contribution >= 4 is 17.6 Å². The van der Waals surface area contributed by atoms with E-state index in [1.54, 1.807) is 0 Å². The Labute approximate surface area is 78.0 Å². The zero-order valence-corrected chi connectivity index (χ0v) is 8.27. The third kappa shape index (κ3) is 3.78. The van der Waals surface area contributed by atoms with Gasteiger partial charge in [0.25, 0.3) is 0 Å². The fraction of sp³-hybridized carbons (Fsp3) is 0.857. The van der Waals surface area contributed by atoms with E-state index in [9.17, 15) is 4.79 Å². The molecule has 0 radical (unpaired) electrons. The average Bonchev–Trinajstić information content (AvgIpc) is 2.04. The molecular formula is C7H16ClN3O. The molecule has 0 aromatic carbocycles. The molecule has 0 aromatic heterocycles. The number of alkyl halides is 1. The Morgan fingerprint density at radius 3 is 2.33 bits per heavy atom. The summed E-state index contributed by atoms with van der Waals surface area (Å²) in [5.74, 6) is 0.352.